The Balaban J connectivity index is 2.76. The van der Waals surface area contributed by atoms with Gasteiger partial charge in [-0.3, -0.25) is 0 Å². The third kappa shape index (κ3) is 1.35. The van der Waals surface area contributed by atoms with Crippen LogP contribution in [-0.2, 0) is 0 Å². The van der Waals surface area contributed by atoms with Crippen LogP contribution in [0.3, 0.4) is 0 Å². The minimum atomic E-state index is 0.361. The molecule has 0 N–H and O–H groups in total. The van der Waals surface area contributed by atoms with Gasteiger partial charge in [-0.1, -0.05) is 18.2 Å². The van der Waals surface area contributed by atoms with Crippen molar-refractivity contribution in [3.8, 4) is 6.07 Å². The van der Waals surface area contributed by atoms with E-state index in [1.807, 2.05) is 24.3 Å². The van der Waals surface area contributed by atoms with Crippen molar-refractivity contribution in [2.75, 3.05) is 0 Å². The smallest absolute Gasteiger partial charge is 0.0988 e. The maximum absolute atomic E-state index is 8.50. The number of nitrogens with zero attached hydrogens (tertiary/aromatic N) is 1. The van der Waals surface area contributed by atoms with Crippen LogP contribution in [0.1, 0.15) is 6.42 Å². The lowest BCUT2D eigenvalue weighted by Gasteiger charge is -2.07. The molecule has 0 bridgehead atoms. The van der Waals surface area contributed by atoms with Gasteiger partial charge in [0.2, 0.25) is 0 Å². The standard InChI is InChI=1S/C9H9N/c1-2-8-4-3-5-9(6-8)7-10/h2-3,5-6,8H,1,4H2/t8-/m1/s1. The van der Waals surface area contributed by atoms with Crippen molar-refractivity contribution in [3.05, 3.63) is 36.5 Å². The molecule has 10 heavy (non-hydrogen) atoms. The van der Waals surface area contributed by atoms with Crippen LogP contribution >= 0.6 is 0 Å². The summed E-state index contributed by atoms with van der Waals surface area (Å²) in [7, 11) is 0. The number of nitriles is 1. The summed E-state index contributed by atoms with van der Waals surface area (Å²) in [4.78, 5) is 0. The summed E-state index contributed by atoms with van der Waals surface area (Å²) in [5, 5.41) is 8.50. The number of allylic oxidation sites excluding steroid dienone is 5. The predicted molar refractivity (Wildman–Crippen MR) is 41.1 cm³/mol. The Morgan fingerprint density at radius 1 is 1.80 bits per heavy atom. The largest absolute Gasteiger partial charge is 0.192 e. The fourth-order valence-electron chi connectivity index (χ4n) is 0.945. The van der Waals surface area contributed by atoms with Gasteiger partial charge in [0, 0.05) is 5.57 Å². The highest BCUT2D eigenvalue weighted by atomic mass is 14.2. The zero-order valence-electron chi connectivity index (χ0n) is 5.75. The topological polar surface area (TPSA) is 23.8 Å². The van der Waals surface area contributed by atoms with Gasteiger partial charge in [0.05, 0.1) is 6.07 Å². The molecule has 1 atom stereocenters. The molecule has 0 fully saturated rings. The molecule has 0 aromatic carbocycles. The van der Waals surface area contributed by atoms with Gasteiger partial charge in [-0.15, -0.1) is 6.58 Å². The fraction of sp³-hybridized carbons (Fsp3) is 0.222. The molecule has 0 heterocycles. The first-order valence-corrected chi connectivity index (χ1v) is 3.28. The Kier molecular flexibility index (Phi) is 2.07. The van der Waals surface area contributed by atoms with Gasteiger partial charge in [0.1, 0.15) is 0 Å². The monoisotopic (exact) mass is 131 g/mol. The molecule has 0 aliphatic heterocycles. The lowest BCUT2D eigenvalue weighted by atomic mass is 9.97. The summed E-state index contributed by atoms with van der Waals surface area (Å²) >= 11 is 0. The predicted octanol–water partition coefficient (Wildman–Crippen LogP) is 2.20. The zero-order valence-corrected chi connectivity index (χ0v) is 5.75. The van der Waals surface area contributed by atoms with Crippen LogP contribution in [0.4, 0.5) is 0 Å². The van der Waals surface area contributed by atoms with Gasteiger partial charge < -0.3 is 0 Å². The molecular formula is C9H9N. The maximum atomic E-state index is 8.50. The molecule has 1 aliphatic carbocycles. The van der Waals surface area contributed by atoms with E-state index in [-0.39, 0.29) is 0 Å². The van der Waals surface area contributed by atoms with E-state index in [1.165, 1.54) is 0 Å². The van der Waals surface area contributed by atoms with E-state index in [2.05, 4.69) is 12.6 Å². The molecular weight excluding hydrogens is 122 g/mol. The Morgan fingerprint density at radius 2 is 2.60 bits per heavy atom. The maximum Gasteiger partial charge on any atom is 0.0988 e. The van der Waals surface area contributed by atoms with Crippen LogP contribution in [0.15, 0.2) is 36.5 Å². The first-order valence-electron chi connectivity index (χ1n) is 3.28. The van der Waals surface area contributed by atoms with Gasteiger partial charge >= 0.3 is 0 Å². The Labute approximate surface area is 61.0 Å². The van der Waals surface area contributed by atoms with Crippen LogP contribution in [0.5, 0.6) is 0 Å². The SMILES string of the molecule is C=C[C@H]1C=C(C#N)C=CC1. The van der Waals surface area contributed by atoms with E-state index in [4.69, 9.17) is 5.26 Å². The van der Waals surface area contributed by atoms with E-state index in [1.54, 1.807) is 0 Å². The number of hydrogen-bond acceptors (Lipinski definition) is 1. The van der Waals surface area contributed by atoms with Crippen molar-refractivity contribution in [2.45, 2.75) is 6.42 Å². The van der Waals surface area contributed by atoms with Gasteiger partial charge in [0.25, 0.3) is 0 Å². The van der Waals surface area contributed by atoms with Crippen molar-refractivity contribution in [1.29, 1.82) is 5.26 Å². The van der Waals surface area contributed by atoms with E-state index in [9.17, 15) is 0 Å². The van der Waals surface area contributed by atoms with Crippen molar-refractivity contribution >= 4 is 0 Å². The van der Waals surface area contributed by atoms with E-state index >= 15 is 0 Å². The summed E-state index contributed by atoms with van der Waals surface area (Å²) in [6.45, 7) is 3.67. The minimum absolute atomic E-state index is 0.361. The summed E-state index contributed by atoms with van der Waals surface area (Å²) in [5.74, 6) is 0.361. The first-order chi connectivity index (χ1) is 4.86. The van der Waals surface area contributed by atoms with Crippen molar-refractivity contribution in [2.24, 2.45) is 5.92 Å². The quantitative estimate of drug-likeness (QED) is 0.500. The average Bonchev–Trinajstić information content (AvgIpc) is 2.05. The molecule has 1 aliphatic rings. The third-order valence-corrected chi connectivity index (χ3v) is 1.53. The Bertz CT molecular complexity index is 228. The van der Waals surface area contributed by atoms with Crippen LogP contribution < -0.4 is 0 Å². The zero-order chi connectivity index (χ0) is 7.40. The molecule has 0 aromatic heterocycles. The summed E-state index contributed by atoms with van der Waals surface area (Å²) in [5.41, 5.74) is 0.746. The summed E-state index contributed by atoms with van der Waals surface area (Å²) < 4.78 is 0. The average molecular weight is 131 g/mol. The molecule has 0 aromatic rings. The first kappa shape index (κ1) is 6.82. The van der Waals surface area contributed by atoms with Crippen LogP contribution in [0, 0.1) is 17.2 Å². The highest BCUT2D eigenvalue weighted by molar-refractivity contribution is 5.36. The van der Waals surface area contributed by atoms with E-state index < -0.39 is 0 Å². The van der Waals surface area contributed by atoms with Crippen LogP contribution in [-0.4, -0.2) is 0 Å². The molecule has 0 amide bonds. The molecule has 1 heteroatoms. The lowest BCUT2D eigenvalue weighted by Crippen LogP contribution is -1.94. The molecule has 0 spiro atoms. The van der Waals surface area contributed by atoms with Crippen LogP contribution in [0.25, 0.3) is 0 Å². The lowest BCUT2D eigenvalue weighted by molar-refractivity contribution is 0.819. The van der Waals surface area contributed by atoms with Crippen molar-refractivity contribution < 1.29 is 0 Å². The van der Waals surface area contributed by atoms with E-state index in [0.29, 0.717) is 5.92 Å². The number of hydrogen-bond donors (Lipinski definition) is 0. The molecule has 0 saturated carbocycles. The number of rotatable bonds is 1. The second kappa shape index (κ2) is 3.03. The normalized spacial score (nSPS) is 23.1. The van der Waals surface area contributed by atoms with Crippen LogP contribution in [0.2, 0.25) is 0 Å². The summed E-state index contributed by atoms with van der Waals surface area (Å²) in [6.07, 6.45) is 8.63. The molecule has 1 nitrogen and oxygen atoms in total. The third-order valence-electron chi connectivity index (χ3n) is 1.53. The highest BCUT2D eigenvalue weighted by Crippen LogP contribution is 2.16. The van der Waals surface area contributed by atoms with E-state index in [0.717, 1.165) is 12.0 Å². The minimum Gasteiger partial charge on any atom is -0.192 e. The molecule has 0 unspecified atom stereocenters. The van der Waals surface area contributed by atoms with Gasteiger partial charge in [-0.2, -0.15) is 5.26 Å². The van der Waals surface area contributed by atoms with Crippen molar-refractivity contribution in [3.63, 3.8) is 0 Å². The molecule has 50 valence electrons. The Hall–Kier alpha value is -1.29. The molecule has 1 rings (SSSR count). The van der Waals surface area contributed by atoms with Gasteiger partial charge in [-0.25, -0.2) is 0 Å². The van der Waals surface area contributed by atoms with Gasteiger partial charge in [0.15, 0.2) is 0 Å². The Morgan fingerprint density at radius 3 is 3.20 bits per heavy atom. The van der Waals surface area contributed by atoms with Gasteiger partial charge in [-0.05, 0) is 18.4 Å². The fourth-order valence-corrected chi connectivity index (χ4v) is 0.945. The highest BCUT2D eigenvalue weighted by Gasteiger charge is 2.03. The molecule has 0 radical (unpaired) electrons. The summed E-state index contributed by atoms with van der Waals surface area (Å²) in [6, 6.07) is 2.09. The second-order valence-electron chi connectivity index (χ2n) is 2.27. The van der Waals surface area contributed by atoms with Crippen molar-refractivity contribution in [1.82, 2.24) is 0 Å². The molecule has 0 saturated heterocycles. The second-order valence-corrected chi connectivity index (χ2v) is 2.27.